The monoisotopic (exact) mass is 230 g/mol. The number of sulfone groups is 1. The highest BCUT2D eigenvalue weighted by Crippen LogP contribution is 2.20. The summed E-state index contributed by atoms with van der Waals surface area (Å²) in [5.41, 5.74) is 0.815. The van der Waals surface area contributed by atoms with Crippen molar-refractivity contribution in [2.24, 2.45) is 0 Å². The third-order valence-corrected chi connectivity index (χ3v) is 4.23. The first kappa shape index (κ1) is 10.6. The van der Waals surface area contributed by atoms with Crippen molar-refractivity contribution >= 4 is 9.84 Å². The molecule has 1 atom stereocenters. The highest BCUT2D eigenvalue weighted by Gasteiger charge is 2.28. The molecule has 6 heteroatoms. The largest absolute Gasteiger partial charge is 0.444 e. The maximum Gasteiger partial charge on any atom is 0.212 e. The van der Waals surface area contributed by atoms with Crippen molar-refractivity contribution in [1.82, 2.24) is 10.3 Å². The molecule has 1 N–H and O–H groups in total. The van der Waals surface area contributed by atoms with E-state index < -0.39 is 9.84 Å². The molecule has 15 heavy (non-hydrogen) atoms. The van der Waals surface area contributed by atoms with Crippen LogP contribution in [0.1, 0.15) is 23.4 Å². The van der Waals surface area contributed by atoms with Crippen LogP contribution < -0.4 is 5.32 Å². The molecule has 1 aliphatic heterocycles. The highest BCUT2D eigenvalue weighted by atomic mass is 32.2. The van der Waals surface area contributed by atoms with E-state index in [-0.39, 0.29) is 17.5 Å². The van der Waals surface area contributed by atoms with Crippen molar-refractivity contribution in [1.29, 1.82) is 0 Å². The van der Waals surface area contributed by atoms with Crippen LogP contribution in [0.4, 0.5) is 0 Å². The van der Waals surface area contributed by atoms with Crippen molar-refractivity contribution in [2.75, 3.05) is 18.1 Å². The molecule has 1 aliphatic rings. The molecule has 1 saturated heterocycles. The van der Waals surface area contributed by atoms with Crippen LogP contribution in [0.15, 0.2) is 4.42 Å². The summed E-state index contributed by atoms with van der Waals surface area (Å²) in [5, 5.41) is 3.10. The van der Waals surface area contributed by atoms with Gasteiger partial charge in [0, 0.05) is 6.54 Å². The smallest absolute Gasteiger partial charge is 0.212 e. The molecule has 0 aliphatic carbocycles. The Hall–Kier alpha value is -0.880. The van der Waals surface area contributed by atoms with Crippen molar-refractivity contribution in [3.8, 4) is 0 Å². The zero-order valence-corrected chi connectivity index (χ0v) is 9.60. The lowest BCUT2D eigenvalue weighted by Gasteiger charge is -2.20. The first-order chi connectivity index (χ1) is 6.98. The Morgan fingerprint density at radius 2 is 2.20 bits per heavy atom. The Morgan fingerprint density at radius 3 is 2.73 bits per heavy atom. The lowest BCUT2D eigenvalue weighted by molar-refractivity contribution is 0.400. The van der Waals surface area contributed by atoms with Crippen molar-refractivity contribution in [2.45, 2.75) is 19.9 Å². The van der Waals surface area contributed by atoms with Crippen LogP contribution in [0, 0.1) is 13.8 Å². The Morgan fingerprint density at radius 1 is 1.47 bits per heavy atom. The molecular formula is C9H14N2O3S. The SMILES string of the molecule is Cc1nc(C2CS(=O)(=O)CCN2)oc1C. The molecule has 0 amide bonds. The number of nitrogens with zero attached hydrogens (tertiary/aromatic N) is 1. The predicted molar refractivity (Wildman–Crippen MR) is 55.4 cm³/mol. The molecule has 0 spiro atoms. The minimum Gasteiger partial charge on any atom is -0.444 e. The number of rotatable bonds is 1. The Bertz CT molecular complexity index is 444. The second kappa shape index (κ2) is 3.61. The Kier molecular flexibility index (Phi) is 2.56. The minimum absolute atomic E-state index is 0.0758. The van der Waals surface area contributed by atoms with E-state index >= 15 is 0 Å². The van der Waals surface area contributed by atoms with Crippen LogP contribution in [-0.4, -0.2) is 31.5 Å². The molecular weight excluding hydrogens is 216 g/mol. The van der Waals surface area contributed by atoms with Gasteiger partial charge in [-0.25, -0.2) is 13.4 Å². The number of oxazole rings is 1. The number of hydrogen-bond donors (Lipinski definition) is 1. The Balaban J connectivity index is 2.24. The van der Waals surface area contributed by atoms with Crippen LogP contribution >= 0.6 is 0 Å². The maximum absolute atomic E-state index is 11.4. The van der Waals surface area contributed by atoms with Gasteiger partial charge in [0.05, 0.1) is 23.2 Å². The molecule has 2 heterocycles. The van der Waals surface area contributed by atoms with Gasteiger partial charge in [0.1, 0.15) is 5.76 Å². The van der Waals surface area contributed by atoms with Gasteiger partial charge < -0.3 is 9.73 Å². The normalized spacial score (nSPS) is 25.3. The number of aromatic nitrogens is 1. The summed E-state index contributed by atoms with van der Waals surface area (Å²) in [4.78, 5) is 4.21. The van der Waals surface area contributed by atoms with Gasteiger partial charge in [-0.1, -0.05) is 0 Å². The molecule has 84 valence electrons. The van der Waals surface area contributed by atoms with Gasteiger partial charge in [-0.3, -0.25) is 0 Å². The fourth-order valence-corrected chi connectivity index (χ4v) is 2.95. The highest BCUT2D eigenvalue weighted by molar-refractivity contribution is 7.91. The van der Waals surface area contributed by atoms with E-state index in [2.05, 4.69) is 10.3 Å². The van der Waals surface area contributed by atoms with E-state index in [0.29, 0.717) is 12.4 Å². The zero-order chi connectivity index (χ0) is 11.1. The van der Waals surface area contributed by atoms with Crippen LogP contribution in [0.3, 0.4) is 0 Å². The van der Waals surface area contributed by atoms with Gasteiger partial charge in [0.15, 0.2) is 9.84 Å². The average Bonchev–Trinajstić information content (AvgIpc) is 2.45. The lowest BCUT2D eigenvalue weighted by Crippen LogP contribution is -2.39. The summed E-state index contributed by atoms with van der Waals surface area (Å²) in [7, 11) is -2.95. The van der Waals surface area contributed by atoms with Crippen LogP contribution in [-0.2, 0) is 9.84 Å². The summed E-state index contributed by atoms with van der Waals surface area (Å²) in [6.07, 6.45) is 0. The predicted octanol–water partition coefficient (Wildman–Crippen LogP) is 0.351. The molecule has 1 aromatic rings. The summed E-state index contributed by atoms with van der Waals surface area (Å²) in [6.45, 7) is 4.14. The van der Waals surface area contributed by atoms with Crippen molar-refractivity contribution < 1.29 is 12.8 Å². The van der Waals surface area contributed by atoms with Crippen LogP contribution in [0.5, 0.6) is 0 Å². The van der Waals surface area contributed by atoms with Crippen molar-refractivity contribution in [3.05, 3.63) is 17.3 Å². The molecule has 0 radical (unpaired) electrons. The summed E-state index contributed by atoms with van der Waals surface area (Å²) >= 11 is 0. The second-order valence-corrected chi connectivity index (χ2v) is 6.04. The van der Waals surface area contributed by atoms with E-state index in [0.717, 1.165) is 11.5 Å². The van der Waals surface area contributed by atoms with E-state index in [1.807, 2.05) is 13.8 Å². The minimum atomic E-state index is -2.95. The number of nitrogens with one attached hydrogen (secondary N) is 1. The first-order valence-corrected chi connectivity index (χ1v) is 6.68. The summed E-state index contributed by atoms with van der Waals surface area (Å²) in [6, 6.07) is -0.295. The van der Waals surface area contributed by atoms with E-state index in [4.69, 9.17) is 4.42 Å². The molecule has 0 aromatic carbocycles. The van der Waals surface area contributed by atoms with Gasteiger partial charge in [0.2, 0.25) is 5.89 Å². The van der Waals surface area contributed by atoms with Crippen LogP contribution in [0.25, 0.3) is 0 Å². The Labute approximate surface area is 88.8 Å². The van der Waals surface area contributed by atoms with Crippen molar-refractivity contribution in [3.63, 3.8) is 0 Å². The quantitative estimate of drug-likeness (QED) is 0.753. The van der Waals surface area contributed by atoms with E-state index in [9.17, 15) is 8.42 Å². The van der Waals surface area contributed by atoms with E-state index in [1.165, 1.54) is 0 Å². The molecule has 0 bridgehead atoms. The average molecular weight is 230 g/mol. The summed E-state index contributed by atoms with van der Waals surface area (Å²) in [5.74, 6) is 1.50. The summed E-state index contributed by atoms with van der Waals surface area (Å²) < 4.78 is 28.2. The van der Waals surface area contributed by atoms with Gasteiger partial charge in [0.25, 0.3) is 0 Å². The topological polar surface area (TPSA) is 72.2 Å². The molecule has 1 unspecified atom stereocenters. The fourth-order valence-electron chi connectivity index (χ4n) is 1.59. The molecule has 2 rings (SSSR count). The van der Waals surface area contributed by atoms with Gasteiger partial charge in [-0.15, -0.1) is 0 Å². The molecule has 1 aromatic heterocycles. The standard InChI is InChI=1S/C9H14N2O3S/c1-6-7(2)14-9(11-6)8-5-15(12,13)4-3-10-8/h8,10H,3-5H2,1-2H3. The molecule has 1 fully saturated rings. The molecule has 0 saturated carbocycles. The number of hydrogen-bond acceptors (Lipinski definition) is 5. The first-order valence-electron chi connectivity index (χ1n) is 4.86. The fraction of sp³-hybridized carbons (Fsp3) is 0.667. The van der Waals surface area contributed by atoms with Crippen LogP contribution in [0.2, 0.25) is 0 Å². The second-order valence-electron chi connectivity index (χ2n) is 3.81. The maximum atomic E-state index is 11.4. The zero-order valence-electron chi connectivity index (χ0n) is 8.78. The van der Waals surface area contributed by atoms with Gasteiger partial charge >= 0.3 is 0 Å². The van der Waals surface area contributed by atoms with Gasteiger partial charge in [-0.2, -0.15) is 0 Å². The van der Waals surface area contributed by atoms with Gasteiger partial charge in [-0.05, 0) is 13.8 Å². The third kappa shape index (κ3) is 2.21. The lowest BCUT2D eigenvalue weighted by atomic mass is 10.3. The van der Waals surface area contributed by atoms with E-state index in [1.54, 1.807) is 0 Å². The third-order valence-electron chi connectivity index (χ3n) is 2.57. The molecule has 5 nitrogen and oxygen atoms in total. The number of aryl methyl sites for hydroxylation is 2.